The first-order valence-electron chi connectivity index (χ1n) is 2.39. The van der Waals surface area contributed by atoms with Crippen molar-refractivity contribution in [2.75, 3.05) is 19.8 Å². The van der Waals surface area contributed by atoms with Crippen molar-refractivity contribution in [1.29, 1.82) is 0 Å². The van der Waals surface area contributed by atoms with Gasteiger partial charge >= 0.3 is 65.4 Å². The molecule has 50 valence electrons. The van der Waals surface area contributed by atoms with Gasteiger partial charge in [0.25, 0.3) is 0 Å². The molecule has 1 unspecified atom stereocenters. The Morgan fingerprint density at radius 1 is 1.67 bits per heavy atom. The Bertz CT molecular complexity index is 53.8. The molecule has 0 heterocycles. The smallest absolute Gasteiger partial charge is 0 e. The molecule has 0 amide bonds. The Morgan fingerprint density at radius 2 is 2.22 bits per heavy atom. The van der Waals surface area contributed by atoms with E-state index in [9.17, 15) is 0 Å². The van der Waals surface area contributed by atoms with Gasteiger partial charge in [0.1, 0.15) is 0 Å². The van der Waals surface area contributed by atoms with E-state index in [0.29, 0.717) is 32.8 Å². The molecule has 0 aromatic carbocycles. The molecule has 0 aromatic rings. The van der Waals surface area contributed by atoms with Gasteiger partial charge in [-0.1, -0.05) is 0 Å². The predicted octanol–water partition coefficient (Wildman–Crippen LogP) is -0.253. The molecule has 0 rings (SSSR count). The molecule has 0 aliphatic heterocycles. The molecule has 0 fully saturated rings. The molecule has 0 aromatic heterocycles. The largest absolute Gasteiger partial charge is 0 e. The van der Waals surface area contributed by atoms with Crippen molar-refractivity contribution < 1.29 is 40.1 Å². The Kier molecular flexibility index (Phi) is 14.8. The van der Waals surface area contributed by atoms with Crippen LogP contribution >= 0.6 is 0 Å². The van der Waals surface area contributed by atoms with Crippen LogP contribution in [-0.4, -0.2) is 51.1 Å². The minimum Gasteiger partial charge on any atom is 0 e. The van der Waals surface area contributed by atoms with E-state index >= 15 is 0 Å². The summed E-state index contributed by atoms with van der Waals surface area (Å²) in [6.45, 7) is 0.886. The zero-order valence-corrected chi connectivity index (χ0v) is 13.8. The second kappa shape index (κ2) is 9.89. The topological polar surface area (TPSA) is 53.3 Å². The fourth-order valence-corrected chi connectivity index (χ4v) is 1.21. The number of rotatable bonds is 4. The Morgan fingerprint density at radius 3 is 2.33 bits per heavy atom. The van der Waals surface area contributed by atoms with Gasteiger partial charge in [-0.15, -0.1) is 0 Å². The van der Waals surface area contributed by atoms with Crippen LogP contribution in [0.1, 0.15) is 0 Å². The van der Waals surface area contributed by atoms with Gasteiger partial charge in [-0.05, 0) is 0 Å². The number of hydrogen-bond donors (Lipinski definition) is 1. The fraction of sp³-hybridized carbons (Fsp3) is 1.00. The minimum absolute atomic E-state index is 0. The van der Waals surface area contributed by atoms with Gasteiger partial charge in [0.2, 0.25) is 0 Å². The molecular formula is C4H9NO2PaPb-. The SMILES string of the molecule is [NH-]CC(CO)C[O][Pb].[Pa]. The molecule has 0 bridgehead atoms. The van der Waals surface area contributed by atoms with E-state index in [2.05, 4.69) is 0 Å². The summed E-state index contributed by atoms with van der Waals surface area (Å²) >= 11 is 0.702. The van der Waals surface area contributed by atoms with Gasteiger partial charge in [0.15, 0.2) is 0 Å². The minimum atomic E-state index is 0. The molecule has 0 saturated heterocycles. The monoisotopic (exact) mass is 542 g/mol. The van der Waals surface area contributed by atoms with Gasteiger partial charge in [0.05, 0.1) is 0 Å². The summed E-state index contributed by atoms with van der Waals surface area (Å²) in [7, 11) is 0. The van der Waals surface area contributed by atoms with Crippen LogP contribution in [0.3, 0.4) is 0 Å². The molecule has 4 radical (unpaired) electrons. The summed E-state index contributed by atoms with van der Waals surface area (Å²) in [4.78, 5) is 0. The second-order valence-corrected chi connectivity index (χ2v) is 2.69. The molecule has 2 N–H and O–H groups in total. The van der Waals surface area contributed by atoms with Crippen molar-refractivity contribution in [3.05, 3.63) is 5.73 Å². The molecule has 1 atom stereocenters. The third kappa shape index (κ3) is 7.79. The second-order valence-electron chi connectivity index (χ2n) is 1.56. The standard InChI is InChI=1S/C4H9NO2.Pa.Pb/c5-1-4(2-6)3-7;;/h4-6H,1-3H2;;/q-2;;+1. The molecule has 9 heavy (non-hydrogen) atoms. The van der Waals surface area contributed by atoms with Crippen LogP contribution in [0.25, 0.3) is 5.73 Å². The number of aliphatic hydroxyl groups is 1. The maximum atomic E-state index is 8.47. The van der Waals surface area contributed by atoms with Crippen LogP contribution in [0.4, 0.5) is 0 Å². The fourth-order valence-electron chi connectivity index (χ4n) is 0.294. The predicted molar refractivity (Wildman–Crippen MR) is 31.5 cm³/mol. The van der Waals surface area contributed by atoms with Crippen LogP contribution in [0.5, 0.6) is 0 Å². The maximum absolute atomic E-state index is 8.47. The first kappa shape index (κ1) is 13.5. The Hall–Kier alpha value is 1.89. The van der Waals surface area contributed by atoms with E-state index in [1.54, 1.807) is 0 Å². The van der Waals surface area contributed by atoms with E-state index < -0.39 is 0 Å². The summed E-state index contributed by atoms with van der Waals surface area (Å²) in [6.07, 6.45) is 0. The van der Waals surface area contributed by atoms with Crippen molar-refractivity contribution in [1.82, 2.24) is 0 Å². The maximum Gasteiger partial charge on any atom is 0 e. The van der Waals surface area contributed by atoms with Crippen LogP contribution in [-0.2, 0) is 2.69 Å². The van der Waals surface area contributed by atoms with Gasteiger partial charge in [-0.2, -0.15) is 0 Å². The average molecular weight is 541 g/mol. The van der Waals surface area contributed by atoms with Gasteiger partial charge in [0, 0.05) is 32.3 Å². The van der Waals surface area contributed by atoms with E-state index in [-0.39, 0.29) is 51.4 Å². The normalized spacial score (nSPS) is 12.3. The van der Waals surface area contributed by atoms with Crippen LogP contribution < -0.4 is 0 Å². The summed E-state index contributed by atoms with van der Waals surface area (Å²) in [5, 5.41) is 8.47. The third-order valence-corrected chi connectivity index (χ3v) is 1.51. The van der Waals surface area contributed by atoms with Crippen LogP contribution in [0.15, 0.2) is 0 Å². The van der Waals surface area contributed by atoms with Crippen molar-refractivity contribution >= 4 is 26.2 Å². The van der Waals surface area contributed by atoms with Gasteiger partial charge in [-0.25, -0.2) is 0 Å². The molecule has 0 aliphatic rings. The Balaban J connectivity index is 0. The average Bonchev–Trinajstić information content (AvgIpc) is 1.83. The van der Waals surface area contributed by atoms with Crippen LogP contribution in [0, 0.1) is 38.2 Å². The first-order chi connectivity index (χ1) is 3.85. The quantitative estimate of drug-likeness (QED) is 0.500. The summed E-state index contributed by atoms with van der Waals surface area (Å²) in [5.74, 6) is 0.0347. The van der Waals surface area contributed by atoms with Crippen molar-refractivity contribution in [2.24, 2.45) is 5.92 Å². The van der Waals surface area contributed by atoms with E-state index in [0.717, 1.165) is 0 Å². The molecule has 0 aliphatic carbocycles. The molecule has 0 spiro atoms. The zero-order valence-electron chi connectivity index (χ0n) is 5.13. The zero-order chi connectivity index (χ0) is 6.41. The number of aliphatic hydroxyl groups excluding tert-OH is 1. The van der Waals surface area contributed by atoms with Crippen LogP contribution in [0.2, 0.25) is 0 Å². The summed E-state index contributed by atoms with van der Waals surface area (Å²) in [5.41, 5.74) is 6.84. The van der Waals surface area contributed by atoms with Crippen molar-refractivity contribution in [3.8, 4) is 0 Å². The third-order valence-electron chi connectivity index (χ3n) is 0.866. The number of hydrogen-bond acceptors (Lipinski definition) is 2. The first-order valence-corrected chi connectivity index (χ1v) is 3.97. The van der Waals surface area contributed by atoms with E-state index in [1.807, 2.05) is 0 Å². The summed E-state index contributed by atoms with van der Waals surface area (Å²) < 4.78 is 4.84. The van der Waals surface area contributed by atoms with Gasteiger partial charge in [-0.3, -0.25) is 0 Å². The van der Waals surface area contributed by atoms with Crippen molar-refractivity contribution in [2.45, 2.75) is 0 Å². The number of nitrogens with one attached hydrogen (secondary N) is 1. The van der Waals surface area contributed by atoms with Crippen molar-refractivity contribution in [3.63, 3.8) is 0 Å². The molecule has 0 saturated carbocycles. The molecule has 3 nitrogen and oxygen atoms in total. The van der Waals surface area contributed by atoms with E-state index in [1.165, 1.54) is 0 Å². The van der Waals surface area contributed by atoms with E-state index in [4.69, 9.17) is 13.5 Å². The Labute approximate surface area is 96.6 Å². The molecule has 5 heteroatoms. The summed E-state index contributed by atoms with van der Waals surface area (Å²) in [6, 6.07) is 0. The van der Waals surface area contributed by atoms with Gasteiger partial charge < -0.3 is 0 Å². The molecular weight excluding hydrogens is 532 g/mol.